The first-order valence-electron chi connectivity index (χ1n) is 7.81. The van der Waals surface area contributed by atoms with Crippen molar-refractivity contribution in [2.45, 2.75) is 46.5 Å². The number of phenols is 1. The highest BCUT2D eigenvalue weighted by atomic mass is 79.9. The molecule has 2 aliphatic carbocycles. The van der Waals surface area contributed by atoms with Gasteiger partial charge in [-0.15, -0.1) is 0 Å². The third kappa shape index (κ3) is 1.86. The summed E-state index contributed by atoms with van der Waals surface area (Å²) in [6.07, 6.45) is 1.68. The van der Waals surface area contributed by atoms with Crippen molar-refractivity contribution in [2.75, 3.05) is 0 Å². The van der Waals surface area contributed by atoms with Crippen LogP contribution in [-0.2, 0) is 4.79 Å². The van der Waals surface area contributed by atoms with E-state index in [-0.39, 0.29) is 23.0 Å². The van der Waals surface area contributed by atoms with E-state index >= 15 is 0 Å². The number of hydrogen-bond acceptors (Lipinski definition) is 3. The minimum atomic E-state index is -0.637. The molecule has 1 aromatic rings. The summed E-state index contributed by atoms with van der Waals surface area (Å²) < 4.78 is 0.866. The molecule has 3 nitrogen and oxygen atoms in total. The lowest BCUT2D eigenvalue weighted by Gasteiger charge is -2.40. The maximum Gasteiger partial charge on any atom is 0.233 e. The quantitative estimate of drug-likeness (QED) is 0.752. The van der Waals surface area contributed by atoms with E-state index in [0.717, 1.165) is 28.4 Å². The Morgan fingerprint density at radius 1 is 1.36 bits per heavy atom. The topological polar surface area (TPSA) is 54.4 Å². The molecule has 1 saturated carbocycles. The van der Waals surface area contributed by atoms with Gasteiger partial charge in [0.05, 0.1) is 5.56 Å². The number of phenolic OH excluding ortho intramolecular Hbond substituents is 1. The minimum Gasteiger partial charge on any atom is -0.507 e. The predicted octanol–water partition coefficient (Wildman–Crippen LogP) is 4.38. The van der Waals surface area contributed by atoms with E-state index in [1.807, 2.05) is 13.8 Å². The highest BCUT2D eigenvalue weighted by Crippen LogP contribution is 2.61. The average Bonchev–Trinajstić information content (AvgIpc) is 2.79. The van der Waals surface area contributed by atoms with Gasteiger partial charge in [-0.1, -0.05) is 36.7 Å². The van der Waals surface area contributed by atoms with Crippen LogP contribution in [0.3, 0.4) is 0 Å². The van der Waals surface area contributed by atoms with Gasteiger partial charge in [0.15, 0.2) is 0 Å². The van der Waals surface area contributed by atoms with Gasteiger partial charge in [0.2, 0.25) is 11.6 Å². The maximum atomic E-state index is 12.7. The second-order valence-corrected chi connectivity index (χ2v) is 8.11. The van der Waals surface area contributed by atoms with Crippen LogP contribution in [0, 0.1) is 24.2 Å². The second-order valence-electron chi connectivity index (χ2n) is 7.32. The fourth-order valence-corrected chi connectivity index (χ4v) is 5.03. The molecule has 3 rings (SSSR count). The van der Waals surface area contributed by atoms with Gasteiger partial charge in [-0.05, 0) is 48.8 Å². The molecule has 0 spiro atoms. The number of ketones is 2. The summed E-state index contributed by atoms with van der Waals surface area (Å²) in [5.74, 6) is -0.164. The molecule has 118 valence electrons. The van der Waals surface area contributed by atoms with Crippen LogP contribution in [0.4, 0.5) is 0 Å². The number of Topliss-reactive ketones (excluding diaryl/α,β-unsaturated/α-hetero) is 2. The van der Waals surface area contributed by atoms with Gasteiger partial charge < -0.3 is 5.11 Å². The number of halogens is 1. The van der Waals surface area contributed by atoms with Gasteiger partial charge in [-0.3, -0.25) is 9.59 Å². The Morgan fingerprint density at radius 2 is 2.00 bits per heavy atom. The number of hydrogen-bond donors (Lipinski definition) is 1. The molecule has 0 radical (unpaired) electrons. The number of aromatic hydroxyl groups is 1. The number of fused-ring (bicyclic) bond motifs is 3. The fourth-order valence-electron chi connectivity index (χ4n) is 4.47. The Bertz CT molecular complexity index is 692. The molecule has 0 heterocycles. The van der Waals surface area contributed by atoms with Crippen molar-refractivity contribution in [3.8, 4) is 5.75 Å². The zero-order chi connectivity index (χ0) is 16.4. The Labute approximate surface area is 139 Å². The first-order valence-corrected chi connectivity index (χ1v) is 8.60. The SMILES string of the molecule is Cc1cc(O)c2c(c1Br)[C@H]1[C@@H](C(C)C)CC[C@@]1(C)C(=O)C2=O. The Kier molecular flexibility index (Phi) is 3.52. The molecule has 22 heavy (non-hydrogen) atoms. The molecule has 0 aliphatic heterocycles. The summed E-state index contributed by atoms with van der Waals surface area (Å²) >= 11 is 3.61. The molecule has 0 aromatic heterocycles. The molecule has 1 fully saturated rings. The van der Waals surface area contributed by atoms with Gasteiger partial charge in [0.25, 0.3) is 0 Å². The number of rotatable bonds is 1. The summed E-state index contributed by atoms with van der Waals surface area (Å²) in [4.78, 5) is 25.3. The van der Waals surface area contributed by atoms with Crippen LogP contribution >= 0.6 is 15.9 Å². The molecule has 4 heteroatoms. The van der Waals surface area contributed by atoms with Crippen LogP contribution in [0.2, 0.25) is 0 Å². The van der Waals surface area contributed by atoms with Gasteiger partial charge in [0, 0.05) is 15.8 Å². The standard InChI is InChI=1S/C18H21BrO3/c1-8(2)10-5-6-18(4)14(10)13-12(16(21)17(18)22)11(20)7-9(3)15(13)19/h7-8,10,14,20H,5-6H2,1-4H3/t10-,14-,18-/m1/s1. The van der Waals surface area contributed by atoms with Gasteiger partial charge in [-0.2, -0.15) is 0 Å². The maximum absolute atomic E-state index is 12.7. The molecule has 1 aromatic carbocycles. The van der Waals surface area contributed by atoms with Crippen LogP contribution in [0.15, 0.2) is 10.5 Å². The number of aryl methyl sites for hydroxylation is 1. The molecule has 0 amide bonds. The van der Waals surface area contributed by atoms with Crippen LogP contribution < -0.4 is 0 Å². The second kappa shape index (κ2) is 4.92. The highest BCUT2D eigenvalue weighted by Gasteiger charge is 2.58. The summed E-state index contributed by atoms with van der Waals surface area (Å²) in [6.45, 7) is 8.16. The minimum absolute atomic E-state index is 0.00660. The van der Waals surface area contributed by atoms with E-state index in [2.05, 4.69) is 29.8 Å². The lowest BCUT2D eigenvalue weighted by molar-refractivity contribution is -0.124. The van der Waals surface area contributed by atoms with Gasteiger partial charge >= 0.3 is 0 Å². The lowest BCUT2D eigenvalue weighted by Crippen LogP contribution is -2.43. The zero-order valence-electron chi connectivity index (χ0n) is 13.4. The summed E-state index contributed by atoms with van der Waals surface area (Å²) in [7, 11) is 0. The van der Waals surface area contributed by atoms with E-state index in [4.69, 9.17) is 0 Å². The van der Waals surface area contributed by atoms with Crippen molar-refractivity contribution in [1.29, 1.82) is 0 Å². The first kappa shape index (κ1) is 15.7. The van der Waals surface area contributed by atoms with Gasteiger partial charge in [-0.25, -0.2) is 0 Å². The summed E-state index contributed by atoms with van der Waals surface area (Å²) in [5, 5.41) is 10.3. The third-order valence-electron chi connectivity index (χ3n) is 5.69. The molecular weight excluding hydrogens is 344 g/mol. The summed E-state index contributed by atoms with van der Waals surface area (Å²) in [6, 6.07) is 1.57. The molecule has 0 unspecified atom stereocenters. The van der Waals surface area contributed by atoms with Crippen molar-refractivity contribution in [3.05, 3.63) is 27.2 Å². The Morgan fingerprint density at radius 3 is 2.59 bits per heavy atom. The molecule has 2 aliphatic rings. The van der Waals surface area contributed by atoms with Crippen LogP contribution in [0.1, 0.15) is 61.0 Å². The van der Waals surface area contributed by atoms with E-state index in [0.29, 0.717) is 11.8 Å². The first-order chi connectivity index (χ1) is 10.2. The lowest BCUT2D eigenvalue weighted by atomic mass is 9.62. The molecule has 0 saturated heterocycles. The van der Waals surface area contributed by atoms with E-state index in [1.165, 1.54) is 0 Å². The summed E-state index contributed by atoms with van der Waals surface area (Å²) in [5.41, 5.74) is 1.33. The van der Waals surface area contributed by atoms with Crippen LogP contribution in [-0.4, -0.2) is 16.7 Å². The largest absolute Gasteiger partial charge is 0.507 e. The molecule has 1 N–H and O–H groups in total. The zero-order valence-corrected chi connectivity index (χ0v) is 15.0. The monoisotopic (exact) mass is 364 g/mol. The van der Waals surface area contributed by atoms with Gasteiger partial charge in [0.1, 0.15) is 5.75 Å². The van der Waals surface area contributed by atoms with Crippen molar-refractivity contribution >= 4 is 27.5 Å². The van der Waals surface area contributed by atoms with Crippen molar-refractivity contribution in [1.82, 2.24) is 0 Å². The van der Waals surface area contributed by atoms with Crippen molar-refractivity contribution in [2.24, 2.45) is 17.3 Å². The fraction of sp³-hybridized carbons (Fsp3) is 0.556. The van der Waals surface area contributed by atoms with E-state index < -0.39 is 11.2 Å². The van der Waals surface area contributed by atoms with Crippen molar-refractivity contribution in [3.63, 3.8) is 0 Å². The number of carbonyl (C=O) groups is 2. The van der Waals surface area contributed by atoms with E-state index in [9.17, 15) is 14.7 Å². The Balaban J connectivity index is 2.36. The van der Waals surface area contributed by atoms with E-state index in [1.54, 1.807) is 6.07 Å². The molecule has 0 bridgehead atoms. The number of benzene rings is 1. The average molecular weight is 365 g/mol. The predicted molar refractivity (Wildman–Crippen MR) is 88.3 cm³/mol. The Hall–Kier alpha value is -1.16. The highest BCUT2D eigenvalue weighted by molar-refractivity contribution is 9.10. The van der Waals surface area contributed by atoms with Crippen LogP contribution in [0.5, 0.6) is 5.75 Å². The smallest absolute Gasteiger partial charge is 0.233 e. The third-order valence-corrected chi connectivity index (χ3v) is 6.74. The van der Waals surface area contributed by atoms with Crippen molar-refractivity contribution < 1.29 is 14.7 Å². The molecular formula is C18H21BrO3. The number of carbonyl (C=O) groups excluding carboxylic acids is 2. The normalized spacial score (nSPS) is 30.6. The molecule has 3 atom stereocenters. The van der Waals surface area contributed by atoms with Crippen LogP contribution in [0.25, 0.3) is 0 Å².